The smallest absolute Gasteiger partial charge is 0.231 e. The summed E-state index contributed by atoms with van der Waals surface area (Å²) in [4.78, 5) is 4.71. The van der Waals surface area contributed by atoms with Crippen LogP contribution in [-0.2, 0) is 6.54 Å². The largest absolute Gasteiger partial charge is 0.454 e. The Kier molecular flexibility index (Phi) is 5.54. The Morgan fingerprint density at radius 1 is 1.30 bits per heavy atom. The predicted molar refractivity (Wildman–Crippen MR) is 95.5 cm³/mol. The first kappa shape index (κ1) is 16.3. The Balaban J connectivity index is 1.60. The molecule has 1 heterocycles. The second-order valence-corrected chi connectivity index (χ2v) is 7.03. The van der Waals surface area contributed by atoms with Crippen molar-refractivity contribution in [3.8, 4) is 11.5 Å². The number of hydrogen-bond donors (Lipinski definition) is 2. The summed E-state index contributed by atoms with van der Waals surface area (Å²) in [5, 5.41) is 7.70. The number of rotatable bonds is 5. The number of fused-ring (bicyclic) bond motifs is 1. The lowest BCUT2D eigenvalue weighted by Crippen LogP contribution is -2.42. The van der Waals surface area contributed by atoms with E-state index in [1.54, 1.807) is 0 Å². The van der Waals surface area contributed by atoms with Crippen molar-refractivity contribution in [2.24, 2.45) is 4.99 Å². The minimum atomic E-state index is 0.310. The standard InChI is InChI=1S/C17H25N3O2S/c1-3-18-17(20-13-5-6-14(9-13)23-2)19-10-12-4-7-15-16(8-12)22-11-21-15/h4,7-8,13-14H,3,5-6,9-11H2,1-2H3,(H2,18,19,20). The van der Waals surface area contributed by atoms with E-state index in [9.17, 15) is 0 Å². The van der Waals surface area contributed by atoms with Gasteiger partial charge in [0.05, 0.1) is 6.54 Å². The average Bonchev–Trinajstić information content (AvgIpc) is 3.21. The molecule has 0 aromatic heterocycles. The van der Waals surface area contributed by atoms with Gasteiger partial charge in [0.25, 0.3) is 0 Å². The van der Waals surface area contributed by atoms with Gasteiger partial charge in [0.2, 0.25) is 6.79 Å². The highest BCUT2D eigenvalue weighted by atomic mass is 32.2. The highest BCUT2D eigenvalue weighted by Gasteiger charge is 2.24. The molecule has 1 aromatic rings. The van der Waals surface area contributed by atoms with Gasteiger partial charge in [0, 0.05) is 17.8 Å². The number of aliphatic imine (C=N–C) groups is 1. The van der Waals surface area contributed by atoms with E-state index >= 15 is 0 Å². The minimum absolute atomic E-state index is 0.310. The lowest BCUT2D eigenvalue weighted by atomic mass is 10.2. The topological polar surface area (TPSA) is 54.9 Å². The van der Waals surface area contributed by atoms with Gasteiger partial charge in [-0.15, -0.1) is 0 Å². The predicted octanol–water partition coefficient (Wildman–Crippen LogP) is 2.75. The Morgan fingerprint density at radius 3 is 2.96 bits per heavy atom. The summed E-state index contributed by atoms with van der Waals surface area (Å²) in [6.45, 7) is 3.90. The molecule has 3 rings (SSSR count). The fraction of sp³-hybridized carbons (Fsp3) is 0.588. The van der Waals surface area contributed by atoms with Crippen molar-refractivity contribution >= 4 is 17.7 Å². The van der Waals surface area contributed by atoms with Crippen LogP contribution in [0.3, 0.4) is 0 Å². The highest BCUT2D eigenvalue weighted by Crippen LogP contribution is 2.32. The first-order valence-electron chi connectivity index (χ1n) is 8.24. The van der Waals surface area contributed by atoms with Crippen LogP contribution in [0.5, 0.6) is 11.5 Å². The van der Waals surface area contributed by atoms with Gasteiger partial charge in [-0.3, -0.25) is 0 Å². The molecule has 0 saturated heterocycles. The first-order valence-corrected chi connectivity index (χ1v) is 9.53. The third kappa shape index (κ3) is 4.25. The van der Waals surface area contributed by atoms with E-state index in [2.05, 4.69) is 23.8 Å². The van der Waals surface area contributed by atoms with Crippen molar-refractivity contribution in [3.63, 3.8) is 0 Å². The van der Waals surface area contributed by atoms with Crippen LogP contribution in [0, 0.1) is 0 Å². The molecule has 1 aromatic carbocycles. The van der Waals surface area contributed by atoms with Gasteiger partial charge in [0.1, 0.15) is 0 Å². The third-order valence-electron chi connectivity index (χ3n) is 4.26. The summed E-state index contributed by atoms with van der Waals surface area (Å²) in [6.07, 6.45) is 5.93. The number of guanidine groups is 1. The van der Waals surface area contributed by atoms with Crippen LogP contribution in [0.25, 0.3) is 0 Å². The quantitative estimate of drug-likeness (QED) is 0.640. The van der Waals surface area contributed by atoms with Crippen molar-refractivity contribution in [2.45, 2.75) is 44.0 Å². The molecule has 2 unspecified atom stereocenters. The fourth-order valence-electron chi connectivity index (χ4n) is 3.01. The van der Waals surface area contributed by atoms with Crippen LogP contribution in [0.2, 0.25) is 0 Å². The SMILES string of the molecule is CCNC(=NCc1ccc2c(c1)OCO2)NC1CCC(SC)C1. The summed E-state index contributed by atoms with van der Waals surface area (Å²) in [5.41, 5.74) is 1.12. The van der Waals surface area contributed by atoms with E-state index in [0.29, 0.717) is 19.4 Å². The summed E-state index contributed by atoms with van der Waals surface area (Å²) >= 11 is 1.97. The van der Waals surface area contributed by atoms with Crippen LogP contribution >= 0.6 is 11.8 Å². The Hall–Kier alpha value is -1.56. The first-order chi connectivity index (χ1) is 11.3. The van der Waals surface area contributed by atoms with Gasteiger partial charge in [-0.2, -0.15) is 11.8 Å². The summed E-state index contributed by atoms with van der Waals surface area (Å²) < 4.78 is 10.8. The highest BCUT2D eigenvalue weighted by molar-refractivity contribution is 7.99. The summed E-state index contributed by atoms with van der Waals surface area (Å²) in [6, 6.07) is 6.53. The molecule has 23 heavy (non-hydrogen) atoms. The second kappa shape index (κ2) is 7.81. The molecule has 0 bridgehead atoms. The van der Waals surface area contributed by atoms with E-state index in [-0.39, 0.29) is 0 Å². The molecule has 1 saturated carbocycles. The molecule has 0 radical (unpaired) electrons. The molecule has 1 fully saturated rings. The van der Waals surface area contributed by atoms with Gasteiger partial charge >= 0.3 is 0 Å². The number of benzene rings is 1. The molecule has 5 nitrogen and oxygen atoms in total. The second-order valence-electron chi connectivity index (χ2n) is 5.89. The van der Waals surface area contributed by atoms with Crippen molar-refractivity contribution in [1.82, 2.24) is 10.6 Å². The van der Waals surface area contributed by atoms with E-state index in [1.807, 2.05) is 30.0 Å². The van der Waals surface area contributed by atoms with Crippen LogP contribution in [0.1, 0.15) is 31.7 Å². The van der Waals surface area contributed by atoms with Crippen molar-refractivity contribution < 1.29 is 9.47 Å². The molecule has 2 atom stereocenters. The minimum Gasteiger partial charge on any atom is -0.454 e. The van der Waals surface area contributed by atoms with E-state index in [1.165, 1.54) is 19.3 Å². The Bertz CT molecular complexity index is 565. The van der Waals surface area contributed by atoms with E-state index in [0.717, 1.165) is 34.8 Å². The van der Waals surface area contributed by atoms with E-state index < -0.39 is 0 Å². The van der Waals surface area contributed by atoms with Crippen LogP contribution < -0.4 is 20.1 Å². The van der Waals surface area contributed by atoms with Crippen LogP contribution in [0.15, 0.2) is 23.2 Å². The maximum absolute atomic E-state index is 5.42. The number of ether oxygens (including phenoxy) is 2. The number of hydrogen-bond acceptors (Lipinski definition) is 4. The Labute approximate surface area is 142 Å². The van der Waals surface area contributed by atoms with Gasteiger partial charge in [0.15, 0.2) is 17.5 Å². The molecule has 2 N–H and O–H groups in total. The molecule has 2 aliphatic rings. The molecular formula is C17H25N3O2S. The zero-order chi connectivity index (χ0) is 16.1. The molecule has 0 spiro atoms. The van der Waals surface area contributed by atoms with Crippen molar-refractivity contribution in [3.05, 3.63) is 23.8 Å². The monoisotopic (exact) mass is 335 g/mol. The van der Waals surface area contributed by atoms with Crippen LogP contribution in [0.4, 0.5) is 0 Å². The third-order valence-corrected chi connectivity index (χ3v) is 5.35. The zero-order valence-corrected chi connectivity index (χ0v) is 14.6. The van der Waals surface area contributed by atoms with Crippen molar-refractivity contribution in [2.75, 3.05) is 19.6 Å². The fourth-order valence-corrected chi connectivity index (χ4v) is 3.80. The lowest BCUT2D eigenvalue weighted by Gasteiger charge is -2.17. The van der Waals surface area contributed by atoms with Gasteiger partial charge in [-0.25, -0.2) is 4.99 Å². The van der Waals surface area contributed by atoms with Gasteiger partial charge in [-0.05, 0) is 50.1 Å². The molecule has 0 amide bonds. The Morgan fingerprint density at radius 2 is 2.17 bits per heavy atom. The number of thioether (sulfide) groups is 1. The molecular weight excluding hydrogens is 310 g/mol. The number of nitrogens with zero attached hydrogens (tertiary/aromatic N) is 1. The van der Waals surface area contributed by atoms with Gasteiger partial charge in [-0.1, -0.05) is 6.07 Å². The van der Waals surface area contributed by atoms with Crippen LogP contribution in [-0.4, -0.2) is 36.8 Å². The van der Waals surface area contributed by atoms with Gasteiger partial charge < -0.3 is 20.1 Å². The number of nitrogens with one attached hydrogen (secondary N) is 2. The van der Waals surface area contributed by atoms with Crippen molar-refractivity contribution in [1.29, 1.82) is 0 Å². The molecule has 1 aliphatic heterocycles. The maximum Gasteiger partial charge on any atom is 0.231 e. The lowest BCUT2D eigenvalue weighted by molar-refractivity contribution is 0.174. The summed E-state index contributed by atoms with van der Waals surface area (Å²) in [5.74, 6) is 2.53. The maximum atomic E-state index is 5.42. The van der Waals surface area contributed by atoms with E-state index in [4.69, 9.17) is 14.5 Å². The average molecular weight is 335 g/mol. The zero-order valence-electron chi connectivity index (χ0n) is 13.8. The summed E-state index contributed by atoms with van der Waals surface area (Å²) in [7, 11) is 0. The normalized spacial score (nSPS) is 23.1. The molecule has 6 heteroatoms. The molecule has 1 aliphatic carbocycles. The molecule has 126 valence electrons.